The fourth-order valence-electron chi connectivity index (χ4n) is 0.847. The van der Waals surface area contributed by atoms with E-state index in [1.54, 1.807) is 0 Å². The summed E-state index contributed by atoms with van der Waals surface area (Å²) in [6.07, 6.45) is 0. The number of hydrogen-bond donors (Lipinski definition) is 2. The number of nitrogens with one attached hydrogen (secondary N) is 2. The van der Waals surface area contributed by atoms with E-state index in [9.17, 15) is 4.79 Å². The first kappa shape index (κ1) is 11.4. The van der Waals surface area contributed by atoms with Crippen LogP contribution in [-0.4, -0.2) is 25.0 Å². The summed E-state index contributed by atoms with van der Waals surface area (Å²) in [7, 11) is 0. The molecule has 0 spiro atoms. The topological polar surface area (TPSA) is 41.1 Å². The Morgan fingerprint density at radius 3 is 2.25 bits per heavy atom. The maximum absolute atomic E-state index is 11.1. The van der Waals surface area contributed by atoms with Gasteiger partial charge >= 0.3 is 0 Å². The first-order valence-electron chi connectivity index (χ1n) is 4.52. The Hall–Kier alpha value is -0.570. The third-order valence-electron chi connectivity index (χ3n) is 1.29. The third-order valence-corrected chi connectivity index (χ3v) is 1.29. The Balaban J connectivity index is 3.32. The highest BCUT2D eigenvalue weighted by Gasteiger charge is 2.01. The molecule has 3 heteroatoms. The van der Waals surface area contributed by atoms with Crippen molar-refractivity contribution in [2.24, 2.45) is 5.92 Å². The van der Waals surface area contributed by atoms with Crippen LogP contribution in [0.4, 0.5) is 0 Å². The quantitative estimate of drug-likeness (QED) is 0.642. The summed E-state index contributed by atoms with van der Waals surface area (Å²) in [5.74, 6) is 0.669. The van der Waals surface area contributed by atoms with Gasteiger partial charge in [0.2, 0.25) is 5.91 Å². The minimum Gasteiger partial charge on any atom is -0.353 e. The van der Waals surface area contributed by atoms with Gasteiger partial charge in [-0.3, -0.25) is 4.79 Å². The van der Waals surface area contributed by atoms with Crippen molar-refractivity contribution < 1.29 is 4.79 Å². The molecule has 0 heterocycles. The normalized spacial score (nSPS) is 10.8. The van der Waals surface area contributed by atoms with E-state index in [1.165, 1.54) is 0 Å². The van der Waals surface area contributed by atoms with Crippen molar-refractivity contribution >= 4 is 5.91 Å². The van der Waals surface area contributed by atoms with E-state index in [1.807, 2.05) is 13.8 Å². The smallest absolute Gasteiger partial charge is 0.234 e. The van der Waals surface area contributed by atoms with Crippen molar-refractivity contribution in [3.8, 4) is 0 Å². The number of carbonyl (C=O) groups excluding carboxylic acids is 1. The Labute approximate surface area is 74.9 Å². The third kappa shape index (κ3) is 7.54. The average molecular weight is 172 g/mol. The molecule has 0 aliphatic rings. The van der Waals surface area contributed by atoms with Gasteiger partial charge in [0.05, 0.1) is 6.54 Å². The summed E-state index contributed by atoms with van der Waals surface area (Å²) < 4.78 is 0. The Morgan fingerprint density at radius 1 is 1.25 bits per heavy atom. The zero-order chi connectivity index (χ0) is 9.56. The summed E-state index contributed by atoms with van der Waals surface area (Å²) in [5.41, 5.74) is 0. The van der Waals surface area contributed by atoms with Crippen LogP contribution in [0.1, 0.15) is 27.7 Å². The van der Waals surface area contributed by atoms with E-state index >= 15 is 0 Å². The van der Waals surface area contributed by atoms with Crippen molar-refractivity contribution in [3.05, 3.63) is 0 Å². The minimum atomic E-state index is 0.0747. The maximum Gasteiger partial charge on any atom is 0.234 e. The molecule has 0 aromatic rings. The van der Waals surface area contributed by atoms with Crippen molar-refractivity contribution in [1.29, 1.82) is 0 Å². The van der Waals surface area contributed by atoms with Crippen LogP contribution in [-0.2, 0) is 4.79 Å². The molecule has 0 saturated heterocycles. The molecule has 0 aromatic heterocycles. The molecule has 12 heavy (non-hydrogen) atoms. The second-order valence-electron chi connectivity index (χ2n) is 3.75. The van der Waals surface area contributed by atoms with Crippen LogP contribution in [0.25, 0.3) is 0 Å². The molecule has 0 aliphatic carbocycles. The molecule has 1 amide bonds. The molecule has 0 unspecified atom stereocenters. The molecule has 0 saturated carbocycles. The van der Waals surface area contributed by atoms with Gasteiger partial charge in [0.15, 0.2) is 0 Å². The lowest BCUT2D eigenvalue weighted by molar-refractivity contribution is -0.120. The largest absolute Gasteiger partial charge is 0.353 e. The van der Waals surface area contributed by atoms with Crippen LogP contribution >= 0.6 is 0 Å². The zero-order valence-corrected chi connectivity index (χ0v) is 8.48. The molecular weight excluding hydrogens is 152 g/mol. The Kier molecular flexibility index (Phi) is 5.72. The second-order valence-corrected chi connectivity index (χ2v) is 3.75. The molecule has 0 atom stereocenters. The van der Waals surface area contributed by atoms with E-state index in [0.717, 1.165) is 6.54 Å². The van der Waals surface area contributed by atoms with Crippen molar-refractivity contribution in [2.75, 3.05) is 13.1 Å². The molecule has 0 bridgehead atoms. The molecule has 2 N–H and O–H groups in total. The van der Waals surface area contributed by atoms with Gasteiger partial charge in [0.25, 0.3) is 0 Å². The SMILES string of the molecule is CC(C)CNCC(=O)NC(C)C. The molecular formula is C9H20N2O. The van der Waals surface area contributed by atoms with E-state index in [4.69, 9.17) is 0 Å². The van der Waals surface area contributed by atoms with E-state index in [2.05, 4.69) is 24.5 Å². The van der Waals surface area contributed by atoms with E-state index in [0.29, 0.717) is 12.5 Å². The van der Waals surface area contributed by atoms with Gasteiger partial charge in [-0.15, -0.1) is 0 Å². The molecule has 0 aliphatic heterocycles. The van der Waals surface area contributed by atoms with E-state index < -0.39 is 0 Å². The first-order valence-corrected chi connectivity index (χ1v) is 4.52. The highest BCUT2D eigenvalue weighted by Crippen LogP contribution is 1.86. The number of rotatable bonds is 5. The van der Waals surface area contributed by atoms with Crippen LogP contribution in [0.3, 0.4) is 0 Å². The summed E-state index contributed by atoms with van der Waals surface area (Å²) in [6, 6.07) is 0.235. The molecule has 0 fully saturated rings. The van der Waals surface area contributed by atoms with Gasteiger partial charge in [0.1, 0.15) is 0 Å². The van der Waals surface area contributed by atoms with E-state index in [-0.39, 0.29) is 11.9 Å². The first-order chi connectivity index (χ1) is 5.52. The molecule has 72 valence electrons. The van der Waals surface area contributed by atoms with Crippen LogP contribution in [0.2, 0.25) is 0 Å². The van der Waals surface area contributed by atoms with Gasteiger partial charge in [-0.05, 0) is 26.3 Å². The van der Waals surface area contributed by atoms with Crippen molar-refractivity contribution in [3.63, 3.8) is 0 Å². The maximum atomic E-state index is 11.1. The van der Waals surface area contributed by atoms with Gasteiger partial charge in [0, 0.05) is 6.04 Å². The minimum absolute atomic E-state index is 0.0747. The lowest BCUT2D eigenvalue weighted by Gasteiger charge is -2.10. The van der Waals surface area contributed by atoms with Crippen LogP contribution in [0.15, 0.2) is 0 Å². The standard InChI is InChI=1S/C9H20N2O/c1-7(2)5-10-6-9(12)11-8(3)4/h7-8,10H,5-6H2,1-4H3,(H,11,12). The lowest BCUT2D eigenvalue weighted by atomic mass is 10.2. The number of hydrogen-bond acceptors (Lipinski definition) is 2. The number of amides is 1. The highest BCUT2D eigenvalue weighted by atomic mass is 16.1. The van der Waals surface area contributed by atoms with Gasteiger partial charge in [-0.2, -0.15) is 0 Å². The van der Waals surface area contributed by atoms with Crippen LogP contribution in [0.5, 0.6) is 0 Å². The summed E-state index contributed by atoms with van der Waals surface area (Å²) in [4.78, 5) is 11.1. The average Bonchev–Trinajstić information content (AvgIpc) is 1.84. The summed E-state index contributed by atoms with van der Waals surface area (Å²) in [6.45, 7) is 9.48. The predicted molar refractivity (Wildman–Crippen MR) is 51.0 cm³/mol. The van der Waals surface area contributed by atoms with Crippen molar-refractivity contribution in [2.45, 2.75) is 33.7 Å². The Bertz CT molecular complexity index is 132. The van der Waals surface area contributed by atoms with Crippen LogP contribution in [0, 0.1) is 5.92 Å². The lowest BCUT2D eigenvalue weighted by Crippen LogP contribution is -2.38. The van der Waals surface area contributed by atoms with Crippen LogP contribution < -0.4 is 10.6 Å². The highest BCUT2D eigenvalue weighted by molar-refractivity contribution is 5.78. The molecule has 0 rings (SSSR count). The van der Waals surface area contributed by atoms with Gasteiger partial charge < -0.3 is 10.6 Å². The number of carbonyl (C=O) groups is 1. The fraction of sp³-hybridized carbons (Fsp3) is 0.889. The van der Waals surface area contributed by atoms with Gasteiger partial charge in [-0.1, -0.05) is 13.8 Å². The summed E-state index contributed by atoms with van der Waals surface area (Å²) >= 11 is 0. The molecule has 0 radical (unpaired) electrons. The molecule has 0 aromatic carbocycles. The molecule has 3 nitrogen and oxygen atoms in total. The van der Waals surface area contributed by atoms with Gasteiger partial charge in [-0.25, -0.2) is 0 Å². The Morgan fingerprint density at radius 2 is 1.83 bits per heavy atom. The second kappa shape index (κ2) is 6.00. The summed E-state index contributed by atoms with van der Waals surface area (Å²) in [5, 5.41) is 5.89. The van der Waals surface area contributed by atoms with Crippen molar-refractivity contribution in [1.82, 2.24) is 10.6 Å². The zero-order valence-electron chi connectivity index (χ0n) is 8.48. The fourth-order valence-corrected chi connectivity index (χ4v) is 0.847. The monoisotopic (exact) mass is 172 g/mol. The predicted octanol–water partition coefficient (Wildman–Crippen LogP) is 0.757.